The van der Waals surface area contributed by atoms with Gasteiger partial charge in [0.25, 0.3) is 0 Å². The Hall–Kier alpha value is -11.7. The summed E-state index contributed by atoms with van der Waals surface area (Å²) >= 11 is 0. The van der Waals surface area contributed by atoms with Crippen molar-refractivity contribution in [3.8, 4) is 44.5 Å². The Morgan fingerprint density at radius 3 is 1.28 bits per heavy atom. The lowest BCUT2D eigenvalue weighted by Gasteiger charge is -2.33. The number of benzene rings is 15. The highest BCUT2D eigenvalue weighted by atomic mass is 16.3. The van der Waals surface area contributed by atoms with E-state index in [0.717, 1.165) is 106 Å². The molecular weight excluding hydrogens is 1080 g/mol. The minimum atomic E-state index is -0.699. The van der Waals surface area contributed by atoms with Crippen LogP contribution in [0.3, 0.4) is 0 Å². The molecule has 0 N–H and O–H groups in total. The lowest BCUT2D eigenvalue weighted by atomic mass is 9.68. The normalized spacial score (nSPS) is 12.8. The van der Waals surface area contributed by atoms with E-state index in [1.165, 1.54) is 71.4 Å². The van der Waals surface area contributed by atoms with Gasteiger partial charge in [-0.3, -0.25) is 0 Å². The molecule has 19 rings (SSSR count). The molecule has 2 aliphatic carbocycles. The maximum atomic E-state index is 6.91. The van der Waals surface area contributed by atoms with E-state index in [1.54, 1.807) is 0 Å². The van der Waals surface area contributed by atoms with Gasteiger partial charge in [0.1, 0.15) is 11.2 Å². The molecule has 17 aromatic rings. The Kier molecular flexibility index (Phi) is 10.7. The van der Waals surface area contributed by atoms with E-state index >= 15 is 0 Å². The largest absolute Gasteiger partial charge is 0.454 e. The average molecular weight is 1130 g/mol. The zero-order chi connectivity index (χ0) is 58.3. The summed E-state index contributed by atoms with van der Waals surface area (Å²) in [4.78, 5) is 4.80. The van der Waals surface area contributed by atoms with Crippen LogP contribution in [0.25, 0.3) is 121 Å². The summed E-state index contributed by atoms with van der Waals surface area (Å²) < 4.78 is 13.8. The monoisotopic (exact) mass is 1130 g/mol. The Morgan fingerprint density at radius 2 is 0.697 bits per heavy atom. The summed E-state index contributed by atoms with van der Waals surface area (Å²) in [6.07, 6.45) is 0. The molecule has 2 aliphatic rings. The fraction of sp³-hybridized carbons (Fsp3) is 0.0118. The summed E-state index contributed by atoms with van der Waals surface area (Å²) in [6.45, 7) is 0. The van der Waals surface area contributed by atoms with Crippen LogP contribution in [0, 0.1) is 0 Å². The van der Waals surface area contributed by atoms with Gasteiger partial charge < -0.3 is 18.6 Å². The number of hydrogen-bond donors (Lipinski definition) is 0. The first-order chi connectivity index (χ1) is 44.2. The summed E-state index contributed by atoms with van der Waals surface area (Å²) in [7, 11) is 0. The highest BCUT2D eigenvalue weighted by Gasteiger charge is 2.54. The van der Waals surface area contributed by atoms with Crippen molar-refractivity contribution in [1.29, 1.82) is 0 Å². The quantitative estimate of drug-likeness (QED) is 0.142. The van der Waals surface area contributed by atoms with Gasteiger partial charge in [0.15, 0.2) is 11.2 Å². The molecule has 414 valence electrons. The molecule has 0 aliphatic heterocycles. The van der Waals surface area contributed by atoms with Gasteiger partial charge in [0.05, 0.1) is 16.8 Å². The van der Waals surface area contributed by atoms with Crippen LogP contribution in [0.5, 0.6) is 0 Å². The van der Waals surface area contributed by atoms with Crippen molar-refractivity contribution in [2.45, 2.75) is 5.41 Å². The summed E-state index contributed by atoms with van der Waals surface area (Å²) in [5, 5.41) is 11.6. The Labute approximate surface area is 513 Å². The summed E-state index contributed by atoms with van der Waals surface area (Å²) in [5.41, 5.74) is 23.7. The maximum Gasteiger partial charge on any atom is 0.159 e. The third kappa shape index (κ3) is 7.17. The van der Waals surface area contributed by atoms with E-state index < -0.39 is 5.41 Å². The molecule has 0 unspecified atom stereocenters. The average Bonchev–Trinajstić information content (AvgIpc) is 1.50. The van der Waals surface area contributed by atoms with Crippen LogP contribution in [0.15, 0.2) is 324 Å². The minimum absolute atomic E-state index is 0.699. The van der Waals surface area contributed by atoms with Crippen LogP contribution in [-0.2, 0) is 5.41 Å². The number of fused-ring (bicyclic) bond motifs is 23. The maximum absolute atomic E-state index is 6.91. The summed E-state index contributed by atoms with van der Waals surface area (Å²) in [5.74, 6) is 0. The van der Waals surface area contributed by atoms with Gasteiger partial charge in [-0.25, -0.2) is 0 Å². The molecule has 0 saturated carbocycles. The molecule has 0 amide bonds. The lowest BCUT2D eigenvalue weighted by Crippen LogP contribution is -2.26. The molecule has 0 bridgehead atoms. The van der Waals surface area contributed by atoms with Crippen LogP contribution in [0.2, 0.25) is 0 Å². The second-order valence-corrected chi connectivity index (χ2v) is 23.8. The van der Waals surface area contributed by atoms with E-state index in [0.29, 0.717) is 0 Å². The minimum Gasteiger partial charge on any atom is -0.454 e. The van der Waals surface area contributed by atoms with Gasteiger partial charge in [-0.15, -0.1) is 0 Å². The van der Waals surface area contributed by atoms with E-state index in [4.69, 9.17) is 8.83 Å². The Morgan fingerprint density at radius 1 is 0.247 bits per heavy atom. The molecule has 89 heavy (non-hydrogen) atoms. The van der Waals surface area contributed by atoms with E-state index in [2.05, 4.69) is 325 Å². The van der Waals surface area contributed by atoms with Gasteiger partial charge in [0.2, 0.25) is 0 Å². The fourth-order valence-electron chi connectivity index (χ4n) is 15.5. The van der Waals surface area contributed by atoms with Crippen LogP contribution in [0.4, 0.5) is 34.1 Å². The Balaban J connectivity index is 0.868. The van der Waals surface area contributed by atoms with Gasteiger partial charge in [0, 0.05) is 44.3 Å². The molecule has 0 radical (unpaired) electrons. The van der Waals surface area contributed by atoms with Crippen molar-refractivity contribution < 1.29 is 8.83 Å². The first-order valence-corrected chi connectivity index (χ1v) is 30.6. The number of rotatable bonds is 8. The number of para-hydroxylation sites is 4. The number of nitrogens with zero attached hydrogens (tertiary/aromatic N) is 2. The summed E-state index contributed by atoms with van der Waals surface area (Å²) in [6, 6.07) is 116. The third-order valence-electron chi connectivity index (χ3n) is 19.2. The highest BCUT2D eigenvalue weighted by molar-refractivity contribution is 6.23. The molecule has 2 heterocycles. The first-order valence-electron chi connectivity index (χ1n) is 30.6. The van der Waals surface area contributed by atoms with E-state index in [-0.39, 0.29) is 0 Å². The predicted octanol–water partition coefficient (Wildman–Crippen LogP) is 23.6. The SMILES string of the molecule is c1ccc(-c2cccc(N(c3ccc4c5c(ccc4c3)-c3c(c4ccc(N(c6cccc(-c7ccccc7)c6)c6cccc7c6oc6ccccc67)cc4c4ccccc34)C53c4ccccc4-c4ccccc43)c3cccc4c3oc3ccccc34)c2)cc1. The van der Waals surface area contributed by atoms with Crippen molar-refractivity contribution in [2.24, 2.45) is 0 Å². The van der Waals surface area contributed by atoms with E-state index in [9.17, 15) is 0 Å². The van der Waals surface area contributed by atoms with Crippen LogP contribution in [-0.4, -0.2) is 0 Å². The second kappa shape index (κ2) is 19.1. The van der Waals surface area contributed by atoms with Gasteiger partial charge in [-0.05, 0) is 172 Å². The molecule has 0 fully saturated rings. The molecule has 0 saturated heterocycles. The Bertz CT molecular complexity index is 5730. The van der Waals surface area contributed by atoms with Crippen LogP contribution < -0.4 is 9.80 Å². The van der Waals surface area contributed by atoms with Gasteiger partial charge in [-0.2, -0.15) is 0 Å². The second-order valence-electron chi connectivity index (χ2n) is 23.8. The van der Waals surface area contributed by atoms with Crippen molar-refractivity contribution >= 4 is 110 Å². The van der Waals surface area contributed by atoms with Crippen molar-refractivity contribution in [2.75, 3.05) is 9.80 Å². The zero-order valence-electron chi connectivity index (χ0n) is 48.2. The molecule has 1 spiro atoms. The van der Waals surface area contributed by atoms with Gasteiger partial charge >= 0.3 is 0 Å². The van der Waals surface area contributed by atoms with Crippen molar-refractivity contribution in [3.05, 3.63) is 338 Å². The molecule has 4 nitrogen and oxygen atoms in total. The zero-order valence-corrected chi connectivity index (χ0v) is 48.2. The third-order valence-corrected chi connectivity index (χ3v) is 19.2. The lowest BCUT2D eigenvalue weighted by molar-refractivity contribution is 0.668. The first kappa shape index (κ1) is 49.5. The van der Waals surface area contributed by atoms with E-state index in [1.807, 2.05) is 0 Å². The predicted molar refractivity (Wildman–Crippen MR) is 370 cm³/mol. The molecular formula is C85H52N2O2. The highest BCUT2D eigenvalue weighted by Crippen LogP contribution is 2.67. The smallest absolute Gasteiger partial charge is 0.159 e. The standard InChI is InChI=1S/C85H52N2O2/c1-3-21-53(22-4-1)55-25-17-27-58(49-55)86(76-39-19-35-70-66-32-11-15-41-78(66)88-83(70)76)60-44-47-62-57(51-60)43-46-72-80-68-34-8-7-29-63(68)73-52-61(45-48-69(73)82(80)85(81(62)72)74-37-13-9-30-64(74)65-31-10-14-38-75(65)85)87(59-28-18-26-56(50-59)54-23-5-2-6-24-54)77-40-20-36-71-67-33-12-16-42-79(67)89-84(71)77/h1-52H. The van der Waals surface area contributed by atoms with Crippen LogP contribution >= 0.6 is 0 Å². The van der Waals surface area contributed by atoms with Gasteiger partial charge in [-0.1, -0.05) is 243 Å². The van der Waals surface area contributed by atoms with Crippen molar-refractivity contribution in [3.63, 3.8) is 0 Å². The molecule has 2 aromatic heterocycles. The molecule has 15 aromatic carbocycles. The topological polar surface area (TPSA) is 32.8 Å². The number of anilines is 6. The number of hydrogen-bond acceptors (Lipinski definition) is 4. The number of furan rings is 2. The molecule has 4 heteroatoms. The van der Waals surface area contributed by atoms with Crippen LogP contribution in [0.1, 0.15) is 22.3 Å². The molecule has 0 atom stereocenters. The fourth-order valence-corrected chi connectivity index (χ4v) is 15.5. The van der Waals surface area contributed by atoms with Crippen molar-refractivity contribution in [1.82, 2.24) is 0 Å².